The first kappa shape index (κ1) is 12.5. The Balaban J connectivity index is 2.25. The van der Waals surface area contributed by atoms with E-state index in [1.54, 1.807) is 6.07 Å². The SMILES string of the molecule is CC(N)C1(c2ccc(CN(C)C)c(F)c2)CC1. The van der Waals surface area contributed by atoms with Crippen LogP contribution in [0.3, 0.4) is 0 Å². The molecule has 0 aromatic heterocycles. The van der Waals surface area contributed by atoms with Crippen molar-refractivity contribution in [1.82, 2.24) is 4.90 Å². The molecule has 0 amide bonds. The zero-order chi connectivity index (χ0) is 12.6. The number of benzene rings is 1. The van der Waals surface area contributed by atoms with Crippen LogP contribution in [0.25, 0.3) is 0 Å². The van der Waals surface area contributed by atoms with Crippen molar-refractivity contribution in [3.05, 3.63) is 35.1 Å². The molecule has 1 unspecified atom stereocenters. The highest BCUT2D eigenvalue weighted by atomic mass is 19.1. The Hall–Kier alpha value is -0.930. The molecule has 94 valence electrons. The average molecular weight is 236 g/mol. The summed E-state index contributed by atoms with van der Waals surface area (Å²) in [7, 11) is 3.88. The van der Waals surface area contributed by atoms with Crippen molar-refractivity contribution in [2.75, 3.05) is 14.1 Å². The number of nitrogens with two attached hydrogens (primary N) is 1. The molecule has 0 spiro atoms. The van der Waals surface area contributed by atoms with Crippen LogP contribution in [-0.4, -0.2) is 25.0 Å². The van der Waals surface area contributed by atoms with E-state index in [1.165, 1.54) is 0 Å². The largest absolute Gasteiger partial charge is 0.327 e. The van der Waals surface area contributed by atoms with Gasteiger partial charge in [-0.1, -0.05) is 12.1 Å². The summed E-state index contributed by atoms with van der Waals surface area (Å²) >= 11 is 0. The van der Waals surface area contributed by atoms with Crippen molar-refractivity contribution >= 4 is 0 Å². The second kappa shape index (κ2) is 4.39. The van der Waals surface area contributed by atoms with Gasteiger partial charge in [-0.15, -0.1) is 0 Å². The molecule has 1 aliphatic rings. The minimum absolute atomic E-state index is 0.0392. The Morgan fingerprint density at radius 2 is 2.06 bits per heavy atom. The fourth-order valence-corrected chi connectivity index (χ4v) is 2.47. The summed E-state index contributed by atoms with van der Waals surface area (Å²) in [6.07, 6.45) is 2.16. The number of nitrogens with zero attached hydrogens (tertiary/aromatic N) is 1. The van der Waals surface area contributed by atoms with Crippen LogP contribution < -0.4 is 5.73 Å². The molecule has 0 radical (unpaired) electrons. The standard InChI is InChI=1S/C14H21FN2/c1-10(16)14(6-7-14)12-5-4-11(9-17(2)3)13(15)8-12/h4-5,8,10H,6-7,9,16H2,1-3H3. The van der Waals surface area contributed by atoms with E-state index in [-0.39, 0.29) is 17.3 Å². The van der Waals surface area contributed by atoms with Crippen LogP contribution in [0.2, 0.25) is 0 Å². The molecule has 1 aromatic rings. The molecule has 2 rings (SSSR count). The van der Waals surface area contributed by atoms with Crippen molar-refractivity contribution in [2.45, 2.75) is 37.8 Å². The van der Waals surface area contributed by atoms with Gasteiger partial charge in [0.25, 0.3) is 0 Å². The van der Waals surface area contributed by atoms with E-state index in [4.69, 9.17) is 5.73 Å². The zero-order valence-electron chi connectivity index (χ0n) is 10.8. The van der Waals surface area contributed by atoms with Gasteiger partial charge < -0.3 is 10.6 Å². The lowest BCUT2D eigenvalue weighted by Crippen LogP contribution is -2.31. The van der Waals surface area contributed by atoms with Crippen molar-refractivity contribution < 1.29 is 4.39 Å². The third kappa shape index (κ3) is 2.35. The fourth-order valence-electron chi connectivity index (χ4n) is 2.47. The summed E-state index contributed by atoms with van der Waals surface area (Å²) in [4.78, 5) is 1.97. The number of halogens is 1. The molecule has 2 nitrogen and oxygen atoms in total. The lowest BCUT2D eigenvalue weighted by molar-refractivity contribution is 0.392. The number of hydrogen-bond donors (Lipinski definition) is 1. The molecule has 1 aliphatic carbocycles. The molecule has 1 aromatic carbocycles. The minimum Gasteiger partial charge on any atom is -0.327 e. The minimum atomic E-state index is -0.108. The van der Waals surface area contributed by atoms with Gasteiger partial charge in [0.1, 0.15) is 5.82 Å². The summed E-state index contributed by atoms with van der Waals surface area (Å²) in [5.74, 6) is -0.108. The molecule has 3 heteroatoms. The Bertz CT molecular complexity index is 409. The smallest absolute Gasteiger partial charge is 0.127 e. The van der Waals surface area contributed by atoms with E-state index in [0.29, 0.717) is 6.54 Å². The summed E-state index contributed by atoms with van der Waals surface area (Å²) in [6.45, 7) is 2.65. The van der Waals surface area contributed by atoms with Crippen molar-refractivity contribution in [2.24, 2.45) is 5.73 Å². The van der Waals surface area contributed by atoms with Crippen LogP contribution in [0.1, 0.15) is 30.9 Å². The maximum atomic E-state index is 14.0. The van der Waals surface area contributed by atoms with Gasteiger partial charge in [-0.2, -0.15) is 0 Å². The second-order valence-electron chi connectivity index (χ2n) is 5.49. The summed E-state index contributed by atoms with van der Waals surface area (Å²) in [5.41, 5.74) is 7.85. The molecule has 1 saturated carbocycles. The zero-order valence-corrected chi connectivity index (χ0v) is 10.8. The molecule has 0 saturated heterocycles. The predicted molar refractivity (Wildman–Crippen MR) is 68.4 cm³/mol. The normalized spacial score (nSPS) is 19.4. The third-order valence-corrected chi connectivity index (χ3v) is 3.77. The molecule has 17 heavy (non-hydrogen) atoms. The van der Waals surface area contributed by atoms with E-state index < -0.39 is 0 Å². The molecular formula is C14H21FN2. The molecule has 2 N–H and O–H groups in total. The molecular weight excluding hydrogens is 215 g/mol. The van der Waals surface area contributed by atoms with E-state index >= 15 is 0 Å². The van der Waals surface area contributed by atoms with Crippen LogP contribution in [0.4, 0.5) is 4.39 Å². The molecule has 0 heterocycles. The number of hydrogen-bond acceptors (Lipinski definition) is 2. The van der Waals surface area contributed by atoms with Crippen molar-refractivity contribution in [1.29, 1.82) is 0 Å². The summed E-state index contributed by atoms with van der Waals surface area (Å²) in [6, 6.07) is 5.71. The lowest BCUT2D eigenvalue weighted by atomic mass is 9.89. The van der Waals surface area contributed by atoms with Gasteiger partial charge >= 0.3 is 0 Å². The summed E-state index contributed by atoms with van der Waals surface area (Å²) < 4.78 is 14.0. The lowest BCUT2D eigenvalue weighted by Gasteiger charge is -2.21. The Morgan fingerprint density at radius 3 is 2.47 bits per heavy atom. The predicted octanol–water partition coefficient (Wildman–Crippen LogP) is 2.27. The third-order valence-electron chi connectivity index (χ3n) is 3.77. The first-order valence-corrected chi connectivity index (χ1v) is 6.15. The van der Waals surface area contributed by atoms with Crippen molar-refractivity contribution in [3.63, 3.8) is 0 Å². The molecule has 1 atom stereocenters. The first-order valence-electron chi connectivity index (χ1n) is 6.15. The van der Waals surface area contributed by atoms with Crippen LogP contribution in [0, 0.1) is 5.82 Å². The van der Waals surface area contributed by atoms with Crippen LogP contribution in [0.15, 0.2) is 18.2 Å². The maximum Gasteiger partial charge on any atom is 0.127 e. The van der Waals surface area contributed by atoms with Gasteiger partial charge in [0.15, 0.2) is 0 Å². The highest BCUT2D eigenvalue weighted by Crippen LogP contribution is 2.50. The molecule has 1 fully saturated rings. The highest BCUT2D eigenvalue weighted by molar-refractivity contribution is 5.36. The van der Waals surface area contributed by atoms with Gasteiger partial charge in [-0.25, -0.2) is 4.39 Å². The fraction of sp³-hybridized carbons (Fsp3) is 0.571. The van der Waals surface area contributed by atoms with Gasteiger partial charge in [0.05, 0.1) is 0 Å². The summed E-state index contributed by atoms with van der Waals surface area (Å²) in [5, 5.41) is 0. The quantitative estimate of drug-likeness (QED) is 0.869. The number of rotatable bonds is 4. The Morgan fingerprint density at radius 1 is 1.41 bits per heavy atom. The van der Waals surface area contributed by atoms with Gasteiger partial charge in [0.2, 0.25) is 0 Å². The van der Waals surface area contributed by atoms with E-state index in [9.17, 15) is 4.39 Å². The highest BCUT2D eigenvalue weighted by Gasteiger charge is 2.47. The van der Waals surface area contributed by atoms with E-state index in [1.807, 2.05) is 38.1 Å². The Labute approximate surface area is 103 Å². The van der Waals surface area contributed by atoms with Gasteiger partial charge in [-0.05, 0) is 45.5 Å². The molecule has 0 aliphatic heterocycles. The van der Waals surface area contributed by atoms with Crippen molar-refractivity contribution in [3.8, 4) is 0 Å². The van der Waals surface area contributed by atoms with E-state index in [0.717, 1.165) is 24.0 Å². The first-order chi connectivity index (χ1) is 7.95. The second-order valence-corrected chi connectivity index (χ2v) is 5.49. The average Bonchev–Trinajstić information content (AvgIpc) is 3.01. The van der Waals surface area contributed by atoms with Crippen LogP contribution in [0.5, 0.6) is 0 Å². The topological polar surface area (TPSA) is 29.3 Å². The van der Waals surface area contributed by atoms with Gasteiger partial charge in [-0.3, -0.25) is 0 Å². The van der Waals surface area contributed by atoms with E-state index in [2.05, 4.69) is 0 Å². The Kier molecular flexibility index (Phi) is 3.23. The maximum absolute atomic E-state index is 14.0. The van der Waals surface area contributed by atoms with Gasteiger partial charge in [0, 0.05) is 23.6 Å². The monoisotopic (exact) mass is 236 g/mol. The van der Waals surface area contributed by atoms with Crippen LogP contribution >= 0.6 is 0 Å². The molecule has 0 bridgehead atoms. The van der Waals surface area contributed by atoms with Crippen LogP contribution in [-0.2, 0) is 12.0 Å².